The van der Waals surface area contributed by atoms with Gasteiger partial charge in [-0.3, -0.25) is 9.59 Å². The zero-order valence-electron chi connectivity index (χ0n) is 15.8. The lowest BCUT2D eigenvalue weighted by atomic mass is 9.90. The van der Waals surface area contributed by atoms with E-state index < -0.39 is 23.2 Å². The van der Waals surface area contributed by atoms with Crippen LogP contribution in [0.2, 0.25) is 0 Å². The second-order valence-corrected chi connectivity index (χ2v) is 7.34. The number of ether oxygens (including phenoxy) is 1. The number of alkyl halides is 3. The molecule has 1 aliphatic heterocycles. The molecule has 1 saturated heterocycles. The van der Waals surface area contributed by atoms with Gasteiger partial charge in [0, 0.05) is 29.7 Å². The van der Waals surface area contributed by atoms with Crippen molar-refractivity contribution >= 4 is 11.8 Å². The quantitative estimate of drug-likeness (QED) is 0.778. The van der Waals surface area contributed by atoms with Crippen LogP contribution in [-0.2, 0) is 10.4 Å². The fourth-order valence-corrected chi connectivity index (χ4v) is 4.15. The number of nitrogens with zero attached hydrogens (tertiary/aromatic N) is 1. The van der Waals surface area contributed by atoms with Crippen LogP contribution < -0.4 is 10.5 Å². The number of aliphatic hydroxyl groups is 1. The summed E-state index contributed by atoms with van der Waals surface area (Å²) in [4.78, 5) is 25.3. The van der Waals surface area contributed by atoms with Crippen molar-refractivity contribution in [3.8, 4) is 16.9 Å². The van der Waals surface area contributed by atoms with E-state index in [1.807, 2.05) is 0 Å². The molecule has 1 aliphatic carbocycles. The summed E-state index contributed by atoms with van der Waals surface area (Å²) in [6.07, 6.45) is -3.83. The highest BCUT2D eigenvalue weighted by molar-refractivity contribution is 6.03. The van der Waals surface area contributed by atoms with E-state index in [1.54, 1.807) is 4.90 Å². The fraction of sp³-hybridized carbons (Fsp3) is 0.333. The van der Waals surface area contributed by atoms with Gasteiger partial charge in [-0.15, -0.1) is 0 Å². The molecular weight excluding hydrogens is 401 g/mol. The number of amides is 2. The Balaban J connectivity index is 1.76. The SMILES string of the molecule is NC(=O)c1cc(OCCN2CCCC2=O)cc2c1-c1ccccc1C2(O)C(F)(F)F. The van der Waals surface area contributed by atoms with Gasteiger partial charge in [0.05, 0.1) is 12.1 Å². The number of likely N-dealkylation sites (tertiary alicyclic amines) is 1. The number of carbonyl (C=O) groups excluding carboxylic acids is 2. The maximum absolute atomic E-state index is 14.0. The highest BCUT2D eigenvalue weighted by atomic mass is 19.4. The molecule has 30 heavy (non-hydrogen) atoms. The molecule has 1 atom stereocenters. The van der Waals surface area contributed by atoms with Crippen molar-refractivity contribution in [3.05, 3.63) is 53.1 Å². The van der Waals surface area contributed by atoms with E-state index in [9.17, 15) is 27.9 Å². The van der Waals surface area contributed by atoms with Gasteiger partial charge in [-0.1, -0.05) is 24.3 Å². The van der Waals surface area contributed by atoms with Crippen molar-refractivity contribution in [3.63, 3.8) is 0 Å². The molecule has 2 aromatic carbocycles. The molecule has 1 unspecified atom stereocenters. The molecule has 3 N–H and O–H groups in total. The Hall–Kier alpha value is -3.07. The van der Waals surface area contributed by atoms with Crippen LogP contribution in [0.3, 0.4) is 0 Å². The van der Waals surface area contributed by atoms with E-state index in [2.05, 4.69) is 0 Å². The molecule has 0 bridgehead atoms. The first kappa shape index (κ1) is 20.2. The van der Waals surface area contributed by atoms with Gasteiger partial charge in [-0.2, -0.15) is 13.2 Å². The Kier molecular flexibility index (Phi) is 4.73. The van der Waals surface area contributed by atoms with E-state index in [1.165, 1.54) is 30.3 Å². The lowest BCUT2D eigenvalue weighted by Gasteiger charge is -2.28. The topological polar surface area (TPSA) is 92.9 Å². The molecule has 2 aromatic rings. The maximum Gasteiger partial charge on any atom is 0.425 e. The smallest absolute Gasteiger partial charge is 0.425 e. The third-order valence-corrected chi connectivity index (χ3v) is 5.56. The Morgan fingerprint density at radius 1 is 1.23 bits per heavy atom. The van der Waals surface area contributed by atoms with Gasteiger partial charge in [0.2, 0.25) is 17.4 Å². The van der Waals surface area contributed by atoms with Crippen LogP contribution in [0.4, 0.5) is 13.2 Å². The van der Waals surface area contributed by atoms with E-state index in [0.717, 1.165) is 12.5 Å². The molecule has 2 aliphatic rings. The van der Waals surface area contributed by atoms with Crippen molar-refractivity contribution < 1.29 is 32.6 Å². The minimum atomic E-state index is -5.04. The summed E-state index contributed by atoms with van der Waals surface area (Å²) in [6, 6.07) is 7.84. The molecule has 0 radical (unpaired) electrons. The van der Waals surface area contributed by atoms with Crippen molar-refractivity contribution in [2.45, 2.75) is 24.6 Å². The van der Waals surface area contributed by atoms with Crippen LogP contribution in [-0.4, -0.2) is 47.7 Å². The number of nitrogens with two attached hydrogens (primary N) is 1. The Labute approximate surface area is 170 Å². The lowest BCUT2D eigenvalue weighted by Crippen LogP contribution is -2.41. The molecule has 2 amide bonds. The van der Waals surface area contributed by atoms with Gasteiger partial charge in [0.1, 0.15) is 12.4 Å². The standard InChI is InChI=1S/C21H19F3N2O4/c22-21(23,24)20(29)15-5-2-1-4-13(15)18-14(19(25)28)10-12(11-16(18)20)30-9-8-26-7-3-6-17(26)27/h1-2,4-5,10-11,29H,3,6-9H2,(H2,25,28). The minimum absolute atomic E-state index is 0.00715. The second-order valence-electron chi connectivity index (χ2n) is 7.34. The van der Waals surface area contributed by atoms with E-state index in [-0.39, 0.29) is 47.1 Å². The molecule has 9 heteroatoms. The number of hydrogen-bond acceptors (Lipinski definition) is 4. The van der Waals surface area contributed by atoms with Crippen molar-refractivity contribution in [1.29, 1.82) is 0 Å². The molecular formula is C21H19F3N2O4. The predicted molar refractivity (Wildman–Crippen MR) is 101 cm³/mol. The average Bonchev–Trinajstić information content (AvgIpc) is 3.21. The largest absolute Gasteiger partial charge is 0.492 e. The zero-order valence-corrected chi connectivity index (χ0v) is 15.8. The molecule has 0 aromatic heterocycles. The number of carbonyl (C=O) groups is 2. The molecule has 1 heterocycles. The molecule has 6 nitrogen and oxygen atoms in total. The van der Waals surface area contributed by atoms with Crippen molar-refractivity contribution in [2.75, 3.05) is 19.7 Å². The summed E-state index contributed by atoms with van der Waals surface area (Å²) in [6.45, 7) is 0.897. The number of rotatable bonds is 5. The van der Waals surface area contributed by atoms with Crippen LogP contribution in [0.1, 0.15) is 34.3 Å². The third kappa shape index (κ3) is 3.00. The van der Waals surface area contributed by atoms with Gasteiger partial charge in [0.15, 0.2) is 0 Å². The third-order valence-electron chi connectivity index (χ3n) is 5.56. The van der Waals surface area contributed by atoms with E-state index in [4.69, 9.17) is 10.5 Å². The normalized spacial score (nSPS) is 20.3. The number of fused-ring (bicyclic) bond motifs is 3. The van der Waals surface area contributed by atoms with E-state index in [0.29, 0.717) is 13.0 Å². The predicted octanol–water partition coefficient (Wildman–Crippen LogP) is 2.57. The lowest BCUT2D eigenvalue weighted by molar-refractivity contribution is -0.246. The maximum atomic E-state index is 14.0. The van der Waals surface area contributed by atoms with Gasteiger partial charge >= 0.3 is 6.18 Å². The highest BCUT2D eigenvalue weighted by Gasteiger charge is 2.61. The summed E-state index contributed by atoms with van der Waals surface area (Å²) >= 11 is 0. The molecule has 1 fully saturated rings. The number of primary amides is 1. The molecule has 4 rings (SSSR count). The summed E-state index contributed by atoms with van der Waals surface area (Å²) < 4.78 is 47.6. The average molecular weight is 420 g/mol. The summed E-state index contributed by atoms with van der Waals surface area (Å²) in [5.41, 5.74) is 1.15. The van der Waals surface area contributed by atoms with E-state index >= 15 is 0 Å². The summed E-state index contributed by atoms with van der Waals surface area (Å²) in [5.74, 6) is -0.982. The second kappa shape index (κ2) is 7.02. The molecule has 0 spiro atoms. The minimum Gasteiger partial charge on any atom is -0.492 e. The summed E-state index contributed by atoms with van der Waals surface area (Å²) in [7, 11) is 0. The van der Waals surface area contributed by atoms with Crippen LogP contribution in [0, 0.1) is 0 Å². The van der Waals surface area contributed by atoms with Crippen molar-refractivity contribution in [2.24, 2.45) is 5.73 Å². The monoisotopic (exact) mass is 420 g/mol. The summed E-state index contributed by atoms with van der Waals surface area (Å²) in [5, 5.41) is 10.8. The first-order valence-electron chi connectivity index (χ1n) is 9.42. The Bertz CT molecular complexity index is 1040. The molecule has 158 valence electrons. The van der Waals surface area contributed by atoms with Gasteiger partial charge < -0.3 is 20.5 Å². The van der Waals surface area contributed by atoms with Crippen LogP contribution in [0.15, 0.2) is 36.4 Å². The van der Waals surface area contributed by atoms with Crippen molar-refractivity contribution in [1.82, 2.24) is 4.90 Å². The fourth-order valence-electron chi connectivity index (χ4n) is 4.15. The first-order chi connectivity index (χ1) is 14.1. The first-order valence-corrected chi connectivity index (χ1v) is 9.42. The van der Waals surface area contributed by atoms with Crippen LogP contribution in [0.5, 0.6) is 5.75 Å². The number of hydrogen-bond donors (Lipinski definition) is 2. The Morgan fingerprint density at radius 2 is 1.97 bits per heavy atom. The molecule has 0 saturated carbocycles. The Morgan fingerprint density at radius 3 is 2.60 bits per heavy atom. The van der Waals surface area contributed by atoms with Gasteiger partial charge in [0.25, 0.3) is 0 Å². The number of benzene rings is 2. The van der Waals surface area contributed by atoms with Crippen LogP contribution in [0.25, 0.3) is 11.1 Å². The number of halogens is 3. The van der Waals surface area contributed by atoms with Crippen LogP contribution >= 0.6 is 0 Å². The van der Waals surface area contributed by atoms with Gasteiger partial charge in [-0.25, -0.2) is 0 Å². The highest BCUT2D eigenvalue weighted by Crippen LogP contribution is 2.56. The van der Waals surface area contributed by atoms with Gasteiger partial charge in [-0.05, 0) is 24.1 Å². The zero-order chi connectivity index (χ0) is 21.7.